The Kier molecular flexibility index (Phi) is 28.4. The van der Waals surface area contributed by atoms with E-state index in [9.17, 15) is 87.6 Å². The van der Waals surface area contributed by atoms with Crippen LogP contribution in [0.15, 0.2) is 166 Å². The predicted molar refractivity (Wildman–Crippen MR) is 382 cm³/mol. The van der Waals surface area contributed by atoms with Gasteiger partial charge in [-0.3, -0.25) is 32.3 Å². The Hall–Kier alpha value is -8.88. The van der Waals surface area contributed by atoms with Gasteiger partial charge in [-0.15, -0.1) is 15.3 Å². The first kappa shape index (κ1) is 82.1. The van der Waals surface area contributed by atoms with Gasteiger partial charge in [0.25, 0.3) is 10.1 Å². The molecule has 0 atom stereocenters. The minimum atomic E-state index is -4.58. The van der Waals surface area contributed by atoms with Crippen LogP contribution in [0.4, 0.5) is 0 Å². The van der Waals surface area contributed by atoms with Crippen LogP contribution >= 0.6 is 49.7 Å². The average molecular weight is 1600 g/mol. The second-order valence-corrected chi connectivity index (χ2v) is 40.7. The summed E-state index contributed by atoms with van der Waals surface area (Å²) in [4.78, 5) is 55.8. The van der Waals surface area contributed by atoms with Crippen LogP contribution in [0.25, 0.3) is 66.9 Å². The summed E-state index contributed by atoms with van der Waals surface area (Å²) in [5.41, 5.74) is -1.24. The minimum Gasteiger partial charge on any atom is -0.508 e. The SMILES string of the molecule is CCOP(=O)(COS(=O)(=O)c1ccc(Cl)cc1)OCC.CCOP(=O)(COc1c(-c2ccc(O)c(O)c2)oc2cc(O)ccc2c1=O)OCC.C[Si](C)(C)Br.O=c1c(O)c(-c2ccc(O)c(O)c2)oc2cc(O)ccc12.O=c1c(OCP(=O)(O)O)c(-c2ccc(O)c(O)c2)oc2cc(O)ccc12. The zero-order valence-electron chi connectivity index (χ0n) is 54.9. The molecule has 0 aliphatic carbocycles. The minimum absolute atomic E-state index is 0.00101. The van der Waals surface area contributed by atoms with Crippen LogP contribution in [0.1, 0.15) is 27.7 Å². The van der Waals surface area contributed by atoms with Crippen LogP contribution in [0, 0.1) is 0 Å². The molecule has 0 bridgehead atoms. The normalized spacial score (nSPS) is 11.7. The van der Waals surface area contributed by atoms with E-state index < -0.39 is 109 Å². The number of fused-ring (bicyclic) bond motifs is 3. The molecular weight excluding hydrogens is 1530 g/mol. The van der Waals surface area contributed by atoms with Gasteiger partial charge in [0.1, 0.15) is 40.7 Å². The van der Waals surface area contributed by atoms with E-state index in [2.05, 4.69) is 34.9 Å². The van der Waals surface area contributed by atoms with E-state index in [1.54, 1.807) is 27.7 Å². The molecule has 3 heterocycles. The highest BCUT2D eigenvalue weighted by atomic mass is 79.9. The van der Waals surface area contributed by atoms with Gasteiger partial charge in [0.15, 0.2) is 70.8 Å². The second-order valence-electron chi connectivity index (χ2n) is 21.8. The fraction of sp³-hybridized carbons (Fsp3) is 0.215. The zero-order valence-corrected chi connectivity index (χ0v) is 61.7. The number of phenols is 9. The van der Waals surface area contributed by atoms with Crippen molar-refractivity contribution in [1.29, 1.82) is 0 Å². The highest BCUT2D eigenvalue weighted by molar-refractivity contribution is 9.26. The summed E-state index contributed by atoms with van der Waals surface area (Å²) in [6.45, 7) is 13.0. The molecule has 0 saturated heterocycles. The maximum atomic E-state index is 13.1. The van der Waals surface area contributed by atoms with Gasteiger partial charge in [0, 0.05) is 39.9 Å². The lowest BCUT2D eigenvalue weighted by molar-refractivity contribution is 0.196. The van der Waals surface area contributed by atoms with Crippen LogP contribution < -0.4 is 25.8 Å². The molecule has 30 nitrogen and oxygen atoms in total. The number of benzene rings is 7. The summed E-state index contributed by atoms with van der Waals surface area (Å²) < 4.78 is 112. The van der Waals surface area contributed by atoms with Crippen molar-refractivity contribution in [1.82, 2.24) is 0 Å². The van der Waals surface area contributed by atoms with Crippen molar-refractivity contribution in [2.45, 2.75) is 52.2 Å². The van der Waals surface area contributed by atoms with Crippen molar-refractivity contribution in [3.8, 4) is 103 Å². The Bertz CT molecular complexity index is 5070. The van der Waals surface area contributed by atoms with Gasteiger partial charge in [-0.2, -0.15) is 8.42 Å². The molecular formula is C65H69BrClO30P3SSi. The number of halogens is 2. The Morgan fingerprint density at radius 1 is 0.441 bits per heavy atom. The van der Waals surface area contributed by atoms with Gasteiger partial charge in [0.2, 0.25) is 33.5 Å². The largest absolute Gasteiger partial charge is 0.508 e. The maximum Gasteiger partial charge on any atom is 0.367 e. The number of hydrogen-bond acceptors (Lipinski definition) is 28. The number of hydrogen-bond donors (Lipinski definition) is 12. The third-order valence-electron chi connectivity index (χ3n) is 12.7. The lowest BCUT2D eigenvalue weighted by Crippen LogP contribution is -2.13. The van der Waals surface area contributed by atoms with Gasteiger partial charge in [-0.05, 0) is 143 Å². The molecule has 37 heteroatoms. The van der Waals surface area contributed by atoms with Gasteiger partial charge >= 0.3 is 22.8 Å². The first-order chi connectivity index (χ1) is 47.7. The summed E-state index contributed by atoms with van der Waals surface area (Å²) in [6.07, 6.45) is -2.27. The summed E-state index contributed by atoms with van der Waals surface area (Å²) in [7, 11) is -15.8. The van der Waals surface area contributed by atoms with Gasteiger partial charge in [0.05, 0.1) is 47.5 Å². The summed E-state index contributed by atoms with van der Waals surface area (Å²) in [5.74, 6) is -4.66. The van der Waals surface area contributed by atoms with E-state index in [1.807, 2.05) is 0 Å². The van der Waals surface area contributed by atoms with Crippen LogP contribution in [0.3, 0.4) is 0 Å². The number of phenolic OH excluding ortho intramolecular Hbond substituents is 9. The van der Waals surface area contributed by atoms with Crippen LogP contribution in [0.5, 0.6) is 69.0 Å². The molecule has 0 fully saturated rings. The van der Waals surface area contributed by atoms with Gasteiger partial charge < -0.3 is 102 Å². The van der Waals surface area contributed by atoms with E-state index in [0.717, 1.165) is 18.2 Å². The first-order valence-corrected chi connectivity index (χ1v) is 42.6. The van der Waals surface area contributed by atoms with E-state index in [1.165, 1.54) is 115 Å². The van der Waals surface area contributed by atoms with Crippen molar-refractivity contribution in [2.24, 2.45) is 0 Å². The fourth-order valence-corrected chi connectivity index (χ4v) is 12.8. The van der Waals surface area contributed by atoms with Gasteiger partial charge in [-0.1, -0.05) is 31.2 Å². The molecule has 0 aliphatic heterocycles. The molecule has 0 unspecified atom stereocenters. The smallest absolute Gasteiger partial charge is 0.367 e. The number of aromatic hydroxyl groups is 10. The fourth-order valence-electron chi connectivity index (χ4n) is 8.44. The molecule has 102 heavy (non-hydrogen) atoms. The summed E-state index contributed by atoms with van der Waals surface area (Å²) >= 11 is 9.19. The Morgan fingerprint density at radius 2 is 0.765 bits per heavy atom. The quantitative estimate of drug-likeness (QED) is 0.0104. The predicted octanol–water partition coefficient (Wildman–Crippen LogP) is 14.0. The molecule has 0 aliphatic rings. The lowest BCUT2D eigenvalue weighted by Gasteiger charge is -2.18. The molecule has 12 N–H and O–H groups in total. The number of rotatable bonds is 21. The van der Waals surface area contributed by atoms with Crippen molar-refractivity contribution in [3.63, 3.8) is 0 Å². The van der Waals surface area contributed by atoms with E-state index in [0.29, 0.717) is 5.02 Å². The molecule has 10 rings (SSSR count). The van der Waals surface area contributed by atoms with Crippen molar-refractivity contribution in [2.75, 3.05) is 45.5 Å². The first-order valence-electron chi connectivity index (χ1n) is 29.8. The molecule has 0 radical (unpaired) electrons. The van der Waals surface area contributed by atoms with E-state index in [4.69, 9.17) is 66.4 Å². The molecule has 0 saturated carbocycles. The Balaban J connectivity index is 0.000000211. The Labute approximate surface area is 593 Å². The third kappa shape index (κ3) is 22.8. The Morgan fingerprint density at radius 3 is 1.11 bits per heavy atom. The van der Waals surface area contributed by atoms with Crippen LogP contribution in [0.2, 0.25) is 24.7 Å². The molecule has 0 amide bonds. The summed E-state index contributed by atoms with van der Waals surface area (Å²) in [5, 5.41) is 96.6. The molecule has 7 aromatic carbocycles. The molecule has 10 aromatic rings. The van der Waals surface area contributed by atoms with Crippen molar-refractivity contribution < 1.29 is 128 Å². The topological polar surface area (TPSA) is 483 Å². The third-order valence-corrected chi connectivity index (χ3v) is 18.4. The monoisotopic (exact) mass is 1600 g/mol. The molecule has 3 aromatic heterocycles. The van der Waals surface area contributed by atoms with Crippen molar-refractivity contribution >= 4 is 99.4 Å². The van der Waals surface area contributed by atoms with Crippen LogP contribution in [-0.2, 0) is 46.1 Å². The second kappa shape index (κ2) is 35.3. The van der Waals surface area contributed by atoms with Crippen molar-refractivity contribution in [3.05, 3.63) is 169 Å². The highest BCUT2D eigenvalue weighted by Crippen LogP contribution is 2.50. The van der Waals surface area contributed by atoms with E-state index >= 15 is 0 Å². The molecule has 0 spiro atoms. The average Bonchev–Trinajstić information content (AvgIpc) is 0.782. The van der Waals surface area contributed by atoms with E-state index in [-0.39, 0.29) is 133 Å². The standard InChI is InChI=1S/C20H21O9P.C16H13O9P.C15H10O6.C11H16ClO6PS.C3H9BrSi/c1-3-27-30(25,28-4-2)11-26-20-18(24)14-7-6-13(21)10-17(14)29-19(20)12-5-8-15(22)16(23)9-12;17-9-2-3-10-13(6-9)25-15(8-1-4-11(18)12(19)5-8)16(14(10)20)24-7-26(21,22)23;16-8-2-3-9-12(6-8)21-15(14(20)13(9)19)7-1-4-10(17)11(18)5-7;1-3-16-19(13,17-4-2)9-18-20(14,15)11-7-5-10(12)6-8-11;1-5(2,3)4/h5-10,21-23H,3-4,11H2,1-2H3;1-6,17-19H,7H2,(H2,21,22,23);1-6,16-18,20H;5-8H,3-4,9H2,1-2H3;1-3H3. The molecule has 548 valence electrons. The number of ether oxygens (including phenoxy) is 2. The summed E-state index contributed by atoms with van der Waals surface area (Å²) in [6, 6.07) is 28.1. The maximum absolute atomic E-state index is 13.1. The lowest BCUT2D eigenvalue weighted by atomic mass is 10.1. The van der Waals surface area contributed by atoms with Crippen LogP contribution in [-0.4, -0.2) is 121 Å². The highest BCUT2D eigenvalue weighted by Gasteiger charge is 2.31. The van der Waals surface area contributed by atoms with Gasteiger partial charge in [-0.25, -0.2) is 0 Å². The zero-order chi connectivity index (χ0) is 75.8.